The highest BCUT2D eigenvalue weighted by atomic mass is 32.1. The minimum Gasteiger partial charge on any atom is -0.469 e. The van der Waals surface area contributed by atoms with Gasteiger partial charge in [0.2, 0.25) is 0 Å². The van der Waals surface area contributed by atoms with Crippen molar-refractivity contribution in [3.63, 3.8) is 0 Å². The molecular formula is C27H30F3NO3S. The van der Waals surface area contributed by atoms with E-state index in [-0.39, 0.29) is 31.1 Å². The highest BCUT2D eigenvalue weighted by Gasteiger charge is 2.31. The maximum atomic E-state index is 13.2. The van der Waals surface area contributed by atoms with E-state index in [9.17, 15) is 22.8 Å². The number of halogens is 3. The quantitative estimate of drug-likeness (QED) is 0.252. The van der Waals surface area contributed by atoms with Crippen LogP contribution in [0, 0.1) is 5.92 Å². The molecule has 2 N–H and O–H groups in total. The van der Waals surface area contributed by atoms with Crippen LogP contribution >= 0.6 is 11.3 Å². The third kappa shape index (κ3) is 6.70. The summed E-state index contributed by atoms with van der Waals surface area (Å²) in [5, 5.41) is 0.833. The van der Waals surface area contributed by atoms with Gasteiger partial charge in [-0.3, -0.25) is 9.59 Å². The number of esters is 1. The zero-order valence-corrected chi connectivity index (χ0v) is 20.9. The van der Waals surface area contributed by atoms with Gasteiger partial charge in [0.15, 0.2) is 5.78 Å². The van der Waals surface area contributed by atoms with E-state index in [2.05, 4.69) is 18.6 Å². The molecule has 1 heterocycles. The normalized spacial score (nSPS) is 11.9. The zero-order valence-electron chi connectivity index (χ0n) is 20.1. The van der Waals surface area contributed by atoms with Crippen molar-refractivity contribution in [2.24, 2.45) is 11.7 Å². The minimum absolute atomic E-state index is 0.0526. The summed E-state index contributed by atoms with van der Waals surface area (Å²) in [7, 11) is 1.34. The largest absolute Gasteiger partial charge is 0.469 e. The molecule has 2 aromatic carbocycles. The summed E-state index contributed by atoms with van der Waals surface area (Å²) in [6, 6.07) is 9.22. The van der Waals surface area contributed by atoms with Crippen molar-refractivity contribution < 1.29 is 27.5 Å². The van der Waals surface area contributed by atoms with E-state index in [0.717, 1.165) is 39.4 Å². The Bertz CT molecular complexity index is 1210. The Balaban J connectivity index is 1.81. The van der Waals surface area contributed by atoms with E-state index in [1.165, 1.54) is 24.5 Å². The van der Waals surface area contributed by atoms with Crippen molar-refractivity contribution in [2.45, 2.75) is 58.7 Å². The fourth-order valence-electron chi connectivity index (χ4n) is 4.15. The highest BCUT2D eigenvalue weighted by molar-refractivity contribution is 7.19. The van der Waals surface area contributed by atoms with Crippen LogP contribution in [0.5, 0.6) is 0 Å². The molecule has 0 saturated carbocycles. The van der Waals surface area contributed by atoms with E-state index in [1.807, 2.05) is 6.07 Å². The molecule has 0 bridgehead atoms. The molecule has 0 aliphatic heterocycles. The van der Waals surface area contributed by atoms with Crippen LogP contribution in [0.3, 0.4) is 0 Å². The Hall–Kier alpha value is -2.71. The van der Waals surface area contributed by atoms with Crippen molar-refractivity contribution in [3.8, 4) is 0 Å². The van der Waals surface area contributed by atoms with Crippen LogP contribution in [-0.2, 0) is 41.5 Å². The van der Waals surface area contributed by atoms with Crippen LogP contribution in [0.15, 0.2) is 36.4 Å². The molecule has 1 aromatic heterocycles. The fourth-order valence-corrected chi connectivity index (χ4v) is 5.43. The van der Waals surface area contributed by atoms with Gasteiger partial charge in [-0.15, -0.1) is 11.3 Å². The number of alkyl halides is 3. The first-order valence-electron chi connectivity index (χ1n) is 11.6. The van der Waals surface area contributed by atoms with E-state index in [4.69, 9.17) is 5.73 Å². The minimum atomic E-state index is -4.39. The molecule has 4 nitrogen and oxygen atoms in total. The number of rotatable bonds is 10. The van der Waals surface area contributed by atoms with Gasteiger partial charge in [0.25, 0.3) is 0 Å². The molecule has 3 rings (SSSR count). The van der Waals surface area contributed by atoms with Crippen molar-refractivity contribution in [1.29, 1.82) is 0 Å². The fraction of sp³-hybridized carbons (Fsp3) is 0.407. The van der Waals surface area contributed by atoms with Gasteiger partial charge in [0.05, 0.1) is 12.7 Å². The molecule has 0 saturated heterocycles. The molecule has 8 heteroatoms. The summed E-state index contributed by atoms with van der Waals surface area (Å²) in [6.07, 6.45) is -2.23. The molecule has 0 amide bonds. The summed E-state index contributed by atoms with van der Waals surface area (Å²) >= 11 is 1.34. The molecule has 188 valence electrons. The number of fused-ring (bicyclic) bond motifs is 1. The van der Waals surface area contributed by atoms with E-state index >= 15 is 0 Å². The van der Waals surface area contributed by atoms with Crippen molar-refractivity contribution in [1.82, 2.24) is 0 Å². The third-order valence-electron chi connectivity index (χ3n) is 5.97. The molecule has 0 unspecified atom stereocenters. The first kappa shape index (κ1) is 26.9. The average molecular weight is 506 g/mol. The van der Waals surface area contributed by atoms with E-state index < -0.39 is 11.7 Å². The standard InChI is InChI=1S/C27H30F3NO3S/c1-16(2)12-22-21-8-7-20(27(28,29)30)14-25(21)35-24(22)10-9-23(32)18-5-4-17(19(13-18)15-31)6-11-26(33)34-3/h4-5,7-8,13-14,16H,6,9-12,15,31H2,1-3H3. The van der Waals surface area contributed by atoms with Crippen molar-refractivity contribution in [2.75, 3.05) is 7.11 Å². The van der Waals surface area contributed by atoms with Crippen LogP contribution in [0.2, 0.25) is 0 Å². The Morgan fingerprint density at radius 1 is 1.03 bits per heavy atom. The molecule has 0 aliphatic carbocycles. The summed E-state index contributed by atoms with van der Waals surface area (Å²) < 4.78 is 44.9. The number of aryl methyl sites for hydroxylation is 2. The first-order valence-corrected chi connectivity index (χ1v) is 12.4. The number of ether oxygens (including phenoxy) is 1. The zero-order chi connectivity index (χ0) is 25.8. The molecule has 35 heavy (non-hydrogen) atoms. The predicted molar refractivity (Wildman–Crippen MR) is 133 cm³/mol. The number of benzene rings is 2. The predicted octanol–water partition coefficient (Wildman–Crippen LogP) is 6.50. The Morgan fingerprint density at radius 3 is 2.40 bits per heavy atom. The lowest BCUT2D eigenvalue weighted by Gasteiger charge is -2.11. The van der Waals surface area contributed by atoms with Crippen LogP contribution in [0.1, 0.15) is 64.2 Å². The Labute approximate surface area is 207 Å². The molecule has 0 radical (unpaired) electrons. The van der Waals surface area contributed by atoms with Crippen LogP contribution < -0.4 is 5.73 Å². The lowest BCUT2D eigenvalue weighted by Crippen LogP contribution is -2.09. The van der Waals surface area contributed by atoms with Crippen molar-refractivity contribution in [3.05, 3.63) is 69.1 Å². The Kier molecular flexibility index (Phi) is 8.72. The van der Waals surface area contributed by atoms with Gasteiger partial charge in [-0.05, 0) is 65.5 Å². The number of nitrogens with two attached hydrogens (primary N) is 1. The lowest BCUT2D eigenvalue weighted by atomic mass is 9.95. The number of thiophene rings is 1. The second kappa shape index (κ2) is 11.4. The molecule has 0 aliphatic rings. The maximum absolute atomic E-state index is 13.2. The molecule has 0 spiro atoms. The molecular weight excluding hydrogens is 475 g/mol. The summed E-state index contributed by atoms with van der Waals surface area (Å²) in [5.74, 6) is -0.0339. The van der Waals surface area contributed by atoms with Gasteiger partial charge in [-0.25, -0.2) is 0 Å². The second-order valence-corrected chi connectivity index (χ2v) is 10.1. The number of carbonyl (C=O) groups is 2. The second-order valence-electron chi connectivity index (χ2n) is 9.00. The van der Waals surface area contributed by atoms with Gasteiger partial charge in [-0.1, -0.05) is 32.0 Å². The number of hydrogen-bond acceptors (Lipinski definition) is 5. The van der Waals surface area contributed by atoms with Crippen molar-refractivity contribution >= 4 is 33.2 Å². The smallest absolute Gasteiger partial charge is 0.416 e. The SMILES string of the molecule is COC(=O)CCc1ccc(C(=O)CCc2sc3cc(C(F)(F)F)ccc3c2CC(C)C)cc1CN. The summed E-state index contributed by atoms with van der Waals surface area (Å²) in [5.41, 5.74) is 8.49. The van der Waals surface area contributed by atoms with E-state index in [0.29, 0.717) is 29.0 Å². The van der Waals surface area contributed by atoms with Gasteiger partial charge >= 0.3 is 12.1 Å². The molecule has 3 aromatic rings. The van der Waals surface area contributed by atoms with E-state index in [1.54, 1.807) is 18.2 Å². The van der Waals surface area contributed by atoms with Crippen LogP contribution in [-0.4, -0.2) is 18.9 Å². The van der Waals surface area contributed by atoms with Gasteiger partial charge in [-0.2, -0.15) is 13.2 Å². The third-order valence-corrected chi connectivity index (χ3v) is 7.22. The number of Topliss-reactive ketones (excluding diaryl/α,β-unsaturated/α-hetero) is 1. The monoisotopic (exact) mass is 505 g/mol. The number of hydrogen-bond donors (Lipinski definition) is 1. The number of methoxy groups -OCH3 is 1. The van der Waals surface area contributed by atoms with Crippen LogP contribution in [0.25, 0.3) is 10.1 Å². The highest BCUT2D eigenvalue weighted by Crippen LogP contribution is 2.38. The van der Waals surface area contributed by atoms with Gasteiger partial charge in [0.1, 0.15) is 0 Å². The lowest BCUT2D eigenvalue weighted by molar-refractivity contribution is -0.140. The molecule has 0 atom stereocenters. The van der Waals surface area contributed by atoms with Crippen LogP contribution in [0.4, 0.5) is 13.2 Å². The maximum Gasteiger partial charge on any atom is 0.416 e. The average Bonchev–Trinajstić information content (AvgIpc) is 3.16. The summed E-state index contributed by atoms with van der Waals surface area (Å²) in [6.45, 7) is 4.38. The number of carbonyl (C=O) groups excluding carboxylic acids is 2. The van der Waals surface area contributed by atoms with Gasteiger partial charge < -0.3 is 10.5 Å². The molecule has 0 fully saturated rings. The summed E-state index contributed by atoms with van der Waals surface area (Å²) in [4.78, 5) is 25.4. The van der Waals surface area contributed by atoms with Gasteiger partial charge in [0, 0.05) is 34.5 Å². The Morgan fingerprint density at radius 2 is 1.77 bits per heavy atom. The first-order chi connectivity index (χ1) is 16.5. The number of ketones is 1. The topological polar surface area (TPSA) is 69.4 Å².